The van der Waals surface area contributed by atoms with Gasteiger partial charge in [-0.05, 0) is 37.9 Å². The Morgan fingerprint density at radius 1 is 0.897 bits per heavy atom. The average molecular weight is 449 g/mol. The molecule has 0 saturated carbocycles. The summed E-state index contributed by atoms with van der Waals surface area (Å²) >= 11 is 3.64. The Balaban J connectivity index is 1.91. The summed E-state index contributed by atoms with van der Waals surface area (Å²) in [7, 11) is 4.13. The zero-order valence-corrected chi connectivity index (χ0v) is 18.4. The highest BCUT2D eigenvalue weighted by molar-refractivity contribution is 9.10. The van der Waals surface area contributed by atoms with Crippen molar-refractivity contribution < 1.29 is 4.74 Å². The number of benzene rings is 3. The fourth-order valence-corrected chi connectivity index (χ4v) is 3.95. The van der Waals surface area contributed by atoms with Crippen molar-refractivity contribution in [3.05, 3.63) is 88.9 Å². The van der Waals surface area contributed by atoms with Crippen LogP contribution in [0.2, 0.25) is 0 Å². The molecule has 0 aliphatic rings. The van der Waals surface area contributed by atoms with Crippen LogP contribution in [0.1, 0.15) is 5.56 Å². The van der Waals surface area contributed by atoms with Crippen LogP contribution in [-0.2, 0) is 6.54 Å². The lowest BCUT2D eigenvalue weighted by atomic mass is 10.1. The molecule has 0 unspecified atom stereocenters. The van der Waals surface area contributed by atoms with Crippen molar-refractivity contribution in [2.75, 3.05) is 27.2 Å². The lowest BCUT2D eigenvalue weighted by molar-refractivity contribution is 0.264. The van der Waals surface area contributed by atoms with E-state index in [4.69, 9.17) is 4.74 Å². The van der Waals surface area contributed by atoms with Crippen LogP contribution in [0.25, 0.3) is 22.2 Å². The first-order valence-corrected chi connectivity index (χ1v) is 10.6. The minimum absolute atomic E-state index is 0.643. The smallest absolute Gasteiger partial charge is 0.152 e. The van der Waals surface area contributed by atoms with Crippen molar-refractivity contribution >= 4 is 26.8 Å². The van der Waals surface area contributed by atoms with Gasteiger partial charge in [0, 0.05) is 28.5 Å². The van der Waals surface area contributed by atoms with E-state index in [9.17, 15) is 0 Å². The first kappa shape index (κ1) is 19.7. The number of ether oxygens (including phenoxy) is 1. The fourth-order valence-electron chi connectivity index (χ4n) is 3.59. The fraction of sp³-hybridized carbons (Fsp3) is 0.200. The van der Waals surface area contributed by atoms with Crippen LogP contribution in [0, 0.1) is 0 Å². The van der Waals surface area contributed by atoms with Gasteiger partial charge in [0.05, 0.1) is 11.2 Å². The van der Waals surface area contributed by atoms with Gasteiger partial charge in [-0.1, -0.05) is 76.6 Å². The lowest BCUT2D eigenvalue weighted by Crippen LogP contribution is -2.19. The molecule has 3 aromatic carbocycles. The van der Waals surface area contributed by atoms with Gasteiger partial charge in [-0.2, -0.15) is 0 Å². The standard InChI is InChI=1S/C25H25BrN2O/c1-27(2)15-16-29-25-22-17-21(26)13-14-23(22)28(18-19-9-5-3-6-10-19)24(25)20-11-7-4-8-12-20/h3-14,17H,15-16,18H2,1-2H3. The maximum Gasteiger partial charge on any atom is 0.152 e. The number of halogens is 1. The summed E-state index contributed by atoms with van der Waals surface area (Å²) in [4.78, 5) is 2.14. The van der Waals surface area contributed by atoms with E-state index in [2.05, 4.69) is 118 Å². The summed E-state index contributed by atoms with van der Waals surface area (Å²) < 4.78 is 9.83. The molecule has 0 fully saturated rings. The van der Waals surface area contributed by atoms with Crippen LogP contribution in [-0.4, -0.2) is 36.7 Å². The van der Waals surface area contributed by atoms with Crippen LogP contribution >= 0.6 is 15.9 Å². The van der Waals surface area contributed by atoms with Crippen molar-refractivity contribution in [1.82, 2.24) is 9.47 Å². The summed E-state index contributed by atoms with van der Waals surface area (Å²) in [6.45, 7) is 2.30. The molecule has 1 aromatic heterocycles. The van der Waals surface area contributed by atoms with Gasteiger partial charge in [0.1, 0.15) is 6.61 Å². The Hall–Kier alpha value is -2.56. The second-order valence-electron chi connectivity index (χ2n) is 7.43. The number of rotatable bonds is 7. The Morgan fingerprint density at radius 2 is 1.59 bits per heavy atom. The number of hydrogen-bond donors (Lipinski definition) is 0. The molecule has 0 N–H and O–H groups in total. The first-order chi connectivity index (χ1) is 14.1. The van der Waals surface area contributed by atoms with E-state index in [0.29, 0.717) is 6.61 Å². The van der Waals surface area contributed by atoms with Crippen molar-refractivity contribution in [1.29, 1.82) is 0 Å². The molecule has 1 heterocycles. The monoisotopic (exact) mass is 448 g/mol. The van der Waals surface area contributed by atoms with Gasteiger partial charge in [-0.3, -0.25) is 0 Å². The zero-order chi connectivity index (χ0) is 20.2. The van der Waals surface area contributed by atoms with Gasteiger partial charge in [-0.25, -0.2) is 0 Å². The maximum atomic E-state index is 6.41. The molecule has 0 saturated heterocycles. The van der Waals surface area contributed by atoms with Gasteiger partial charge in [-0.15, -0.1) is 0 Å². The van der Waals surface area contributed by atoms with Gasteiger partial charge < -0.3 is 14.2 Å². The lowest BCUT2D eigenvalue weighted by Gasteiger charge is -2.15. The van der Waals surface area contributed by atoms with E-state index in [1.165, 1.54) is 11.1 Å². The average Bonchev–Trinajstić information content (AvgIpc) is 3.02. The minimum atomic E-state index is 0.643. The summed E-state index contributed by atoms with van der Waals surface area (Å²) in [5.74, 6) is 0.949. The predicted octanol–water partition coefficient (Wildman–Crippen LogP) is 6.06. The second-order valence-corrected chi connectivity index (χ2v) is 8.34. The quantitative estimate of drug-likeness (QED) is 0.341. The SMILES string of the molecule is CN(C)CCOc1c(-c2ccccc2)n(Cc2ccccc2)c2ccc(Br)cc12. The Kier molecular flexibility index (Phi) is 6.02. The summed E-state index contributed by atoms with van der Waals surface area (Å²) in [6.07, 6.45) is 0. The molecule has 0 spiro atoms. The van der Waals surface area contributed by atoms with Gasteiger partial charge in [0.25, 0.3) is 0 Å². The van der Waals surface area contributed by atoms with Crippen LogP contribution in [0.5, 0.6) is 5.75 Å². The third-order valence-corrected chi connectivity index (χ3v) is 5.49. The molecule has 0 aliphatic heterocycles. The molecule has 0 radical (unpaired) electrons. The summed E-state index contributed by atoms with van der Waals surface area (Å²) in [6, 6.07) is 27.6. The molecule has 0 aliphatic carbocycles. The third kappa shape index (κ3) is 4.39. The molecule has 4 heteroatoms. The molecule has 148 valence electrons. The topological polar surface area (TPSA) is 17.4 Å². The van der Waals surface area contributed by atoms with E-state index in [0.717, 1.165) is 40.0 Å². The van der Waals surface area contributed by atoms with Crippen molar-refractivity contribution in [2.24, 2.45) is 0 Å². The molecular formula is C25H25BrN2O. The summed E-state index contributed by atoms with van der Waals surface area (Å²) in [5.41, 5.74) is 4.73. The molecule has 4 aromatic rings. The molecule has 29 heavy (non-hydrogen) atoms. The molecule has 3 nitrogen and oxygen atoms in total. The Bertz CT molecular complexity index is 1090. The van der Waals surface area contributed by atoms with Crippen molar-refractivity contribution in [2.45, 2.75) is 6.54 Å². The number of aromatic nitrogens is 1. The van der Waals surface area contributed by atoms with E-state index >= 15 is 0 Å². The van der Waals surface area contributed by atoms with E-state index in [-0.39, 0.29) is 0 Å². The molecule has 0 bridgehead atoms. The van der Waals surface area contributed by atoms with Gasteiger partial charge in [0.15, 0.2) is 5.75 Å². The van der Waals surface area contributed by atoms with E-state index in [1.54, 1.807) is 0 Å². The minimum Gasteiger partial charge on any atom is -0.489 e. The van der Waals surface area contributed by atoms with E-state index in [1.807, 2.05) is 0 Å². The van der Waals surface area contributed by atoms with Gasteiger partial charge in [0.2, 0.25) is 0 Å². The number of hydrogen-bond acceptors (Lipinski definition) is 2. The highest BCUT2D eigenvalue weighted by Crippen LogP contribution is 2.41. The number of fused-ring (bicyclic) bond motifs is 1. The highest BCUT2D eigenvalue weighted by Gasteiger charge is 2.20. The van der Waals surface area contributed by atoms with Gasteiger partial charge >= 0.3 is 0 Å². The molecular weight excluding hydrogens is 424 g/mol. The molecule has 0 amide bonds. The van der Waals surface area contributed by atoms with Crippen LogP contribution < -0.4 is 4.74 Å². The third-order valence-electron chi connectivity index (χ3n) is 4.99. The second kappa shape index (κ2) is 8.85. The Morgan fingerprint density at radius 3 is 2.28 bits per heavy atom. The van der Waals surface area contributed by atoms with E-state index < -0.39 is 0 Å². The number of likely N-dealkylation sites (N-methyl/N-ethyl adjacent to an activating group) is 1. The van der Waals surface area contributed by atoms with Crippen LogP contribution in [0.3, 0.4) is 0 Å². The van der Waals surface area contributed by atoms with Crippen molar-refractivity contribution in [3.63, 3.8) is 0 Å². The largest absolute Gasteiger partial charge is 0.489 e. The normalized spacial score (nSPS) is 11.3. The van der Waals surface area contributed by atoms with Crippen LogP contribution in [0.15, 0.2) is 83.3 Å². The van der Waals surface area contributed by atoms with Crippen molar-refractivity contribution in [3.8, 4) is 17.0 Å². The highest BCUT2D eigenvalue weighted by atomic mass is 79.9. The molecule has 0 atom stereocenters. The zero-order valence-electron chi connectivity index (χ0n) is 16.8. The van der Waals surface area contributed by atoms with Crippen LogP contribution in [0.4, 0.5) is 0 Å². The molecule has 4 rings (SSSR count). The number of nitrogens with zero attached hydrogens (tertiary/aromatic N) is 2. The maximum absolute atomic E-state index is 6.41. The first-order valence-electron chi connectivity index (χ1n) is 9.82. The Labute approximate surface area is 180 Å². The predicted molar refractivity (Wildman–Crippen MR) is 125 cm³/mol. The summed E-state index contributed by atoms with van der Waals surface area (Å²) in [5, 5.41) is 1.13.